The number of carboxylic acid groups (broad SMARTS) is 1. The summed E-state index contributed by atoms with van der Waals surface area (Å²) in [5, 5.41) is 27.1. The fraction of sp³-hybridized carbons (Fsp3) is 0.458. The number of imidazole rings is 1. The normalized spacial score (nSPS) is 15.3. The average molecular weight is 503 g/mol. The molecule has 0 fully saturated rings. The van der Waals surface area contributed by atoms with E-state index in [2.05, 4.69) is 25.9 Å². The Morgan fingerprint density at radius 3 is 2.08 bits per heavy atom. The van der Waals surface area contributed by atoms with Gasteiger partial charge in [-0.2, -0.15) is 0 Å². The molecule has 5 unspecified atom stereocenters. The average Bonchev–Trinajstić information content (AvgIpc) is 3.33. The molecule has 0 spiro atoms. The lowest BCUT2D eigenvalue weighted by Crippen LogP contribution is -2.61. The third kappa shape index (κ3) is 8.47. The first-order chi connectivity index (χ1) is 17.0. The van der Waals surface area contributed by atoms with Gasteiger partial charge in [0, 0.05) is 24.7 Å². The fourth-order valence-corrected chi connectivity index (χ4v) is 3.48. The maximum atomic E-state index is 13.0. The second kappa shape index (κ2) is 13.4. The number of aliphatic carboxylic acids is 1. The van der Waals surface area contributed by atoms with Crippen LogP contribution in [0.2, 0.25) is 0 Å². The van der Waals surface area contributed by atoms with Crippen LogP contribution in [0.15, 0.2) is 42.9 Å². The molecule has 12 nitrogen and oxygen atoms in total. The Kier molecular flexibility index (Phi) is 10.6. The van der Waals surface area contributed by atoms with Crippen LogP contribution in [0.25, 0.3) is 0 Å². The molecular formula is C24H34N6O6. The van der Waals surface area contributed by atoms with E-state index in [-0.39, 0.29) is 18.8 Å². The number of carbonyl (C=O) groups excluding carboxylic acids is 3. The molecule has 2 aromatic rings. The molecule has 1 aromatic heterocycles. The zero-order valence-corrected chi connectivity index (χ0v) is 20.5. The van der Waals surface area contributed by atoms with E-state index >= 15 is 0 Å². The standard InChI is InChI=1S/C24H34N6O6/c1-13(2)19(29-21(32)17(25)10-16-11-26-12-27-16)22(33)30-20(14(3)31)23(34)28-18(24(35)36)9-15-7-5-4-6-8-15/h4-8,11-14,17-20,31H,9-10,25H2,1-3H3,(H,26,27)(H,28,34)(H,29,32)(H,30,33)(H,35,36). The smallest absolute Gasteiger partial charge is 0.326 e. The van der Waals surface area contributed by atoms with Crippen molar-refractivity contribution in [2.45, 2.75) is 63.9 Å². The summed E-state index contributed by atoms with van der Waals surface area (Å²) in [7, 11) is 0. The van der Waals surface area contributed by atoms with Gasteiger partial charge in [0.15, 0.2) is 0 Å². The monoisotopic (exact) mass is 502 g/mol. The first-order valence-corrected chi connectivity index (χ1v) is 11.6. The molecule has 2 rings (SSSR count). The molecule has 12 heteroatoms. The first kappa shape index (κ1) is 28.5. The number of H-pyrrole nitrogens is 1. The first-order valence-electron chi connectivity index (χ1n) is 11.6. The maximum Gasteiger partial charge on any atom is 0.326 e. The quantitative estimate of drug-likeness (QED) is 0.183. The van der Waals surface area contributed by atoms with Crippen LogP contribution in [0.3, 0.4) is 0 Å². The van der Waals surface area contributed by atoms with Crippen molar-refractivity contribution < 1.29 is 29.4 Å². The van der Waals surface area contributed by atoms with E-state index in [1.54, 1.807) is 44.2 Å². The van der Waals surface area contributed by atoms with Crippen molar-refractivity contribution in [2.24, 2.45) is 11.7 Å². The molecule has 8 N–H and O–H groups in total. The molecule has 5 atom stereocenters. The van der Waals surface area contributed by atoms with Gasteiger partial charge >= 0.3 is 5.97 Å². The Bertz CT molecular complexity index is 1010. The number of aliphatic hydroxyl groups excluding tert-OH is 1. The van der Waals surface area contributed by atoms with Crippen LogP contribution in [0.5, 0.6) is 0 Å². The summed E-state index contributed by atoms with van der Waals surface area (Å²) in [5.74, 6) is -3.81. The van der Waals surface area contributed by atoms with E-state index in [1.807, 2.05) is 0 Å². The van der Waals surface area contributed by atoms with E-state index in [0.29, 0.717) is 11.3 Å². The molecule has 36 heavy (non-hydrogen) atoms. The minimum atomic E-state index is -1.45. The predicted octanol–water partition coefficient (Wildman–Crippen LogP) is -0.902. The third-order valence-electron chi connectivity index (χ3n) is 5.54. The Labute approximate surface area is 209 Å². The lowest BCUT2D eigenvalue weighted by molar-refractivity contribution is -0.143. The van der Waals surface area contributed by atoms with Crippen LogP contribution in [-0.4, -0.2) is 74.1 Å². The summed E-state index contributed by atoms with van der Waals surface area (Å²) in [4.78, 5) is 56.9. The van der Waals surface area contributed by atoms with Gasteiger partial charge in [0.1, 0.15) is 18.1 Å². The molecule has 0 aliphatic rings. The molecular weight excluding hydrogens is 468 g/mol. The Balaban J connectivity index is 2.06. The topological polar surface area (TPSA) is 200 Å². The number of nitrogens with two attached hydrogens (primary N) is 1. The number of aliphatic hydroxyl groups is 1. The number of nitrogens with one attached hydrogen (secondary N) is 4. The number of hydrogen-bond donors (Lipinski definition) is 7. The Morgan fingerprint density at radius 2 is 1.56 bits per heavy atom. The number of aromatic nitrogens is 2. The SMILES string of the molecule is CC(C)C(NC(=O)C(N)Cc1cnc[nH]1)C(=O)NC(C(=O)NC(Cc1ccccc1)C(=O)O)C(C)O. The summed E-state index contributed by atoms with van der Waals surface area (Å²) in [6, 6.07) is 3.98. The van der Waals surface area contributed by atoms with Crippen molar-refractivity contribution >= 4 is 23.7 Å². The largest absolute Gasteiger partial charge is 0.480 e. The summed E-state index contributed by atoms with van der Waals surface area (Å²) in [6.07, 6.45) is 1.84. The second-order valence-electron chi connectivity index (χ2n) is 8.93. The molecule has 0 aliphatic carbocycles. The lowest BCUT2D eigenvalue weighted by atomic mass is 10.0. The number of carboxylic acids is 1. The van der Waals surface area contributed by atoms with Gasteiger partial charge in [0.25, 0.3) is 0 Å². The molecule has 0 aliphatic heterocycles. The van der Waals surface area contributed by atoms with Gasteiger partial charge in [-0.25, -0.2) is 9.78 Å². The number of amides is 3. The molecule has 0 radical (unpaired) electrons. The predicted molar refractivity (Wildman–Crippen MR) is 130 cm³/mol. The van der Waals surface area contributed by atoms with Crippen LogP contribution in [0, 0.1) is 5.92 Å². The zero-order valence-electron chi connectivity index (χ0n) is 20.5. The highest BCUT2D eigenvalue weighted by Gasteiger charge is 2.33. The molecule has 1 aromatic carbocycles. The van der Waals surface area contributed by atoms with Crippen molar-refractivity contribution in [3.8, 4) is 0 Å². The van der Waals surface area contributed by atoms with Gasteiger partial charge < -0.3 is 36.9 Å². The van der Waals surface area contributed by atoms with Gasteiger partial charge in [-0.05, 0) is 18.4 Å². The van der Waals surface area contributed by atoms with E-state index in [4.69, 9.17) is 5.73 Å². The molecule has 196 valence electrons. The van der Waals surface area contributed by atoms with Crippen LogP contribution in [0.1, 0.15) is 32.0 Å². The summed E-state index contributed by atoms with van der Waals surface area (Å²) in [6.45, 7) is 4.69. The Morgan fingerprint density at radius 1 is 0.944 bits per heavy atom. The number of rotatable bonds is 13. The van der Waals surface area contributed by atoms with E-state index in [1.165, 1.54) is 19.4 Å². The number of benzene rings is 1. The minimum Gasteiger partial charge on any atom is -0.480 e. The molecule has 1 heterocycles. The molecule has 3 amide bonds. The van der Waals surface area contributed by atoms with Gasteiger partial charge in [-0.3, -0.25) is 14.4 Å². The third-order valence-corrected chi connectivity index (χ3v) is 5.54. The number of carbonyl (C=O) groups is 4. The zero-order chi connectivity index (χ0) is 26.8. The fourth-order valence-electron chi connectivity index (χ4n) is 3.48. The number of nitrogens with zero attached hydrogens (tertiary/aromatic N) is 1. The molecule has 0 saturated carbocycles. The second-order valence-corrected chi connectivity index (χ2v) is 8.93. The van der Waals surface area contributed by atoms with Crippen LogP contribution >= 0.6 is 0 Å². The molecule has 0 bridgehead atoms. The van der Waals surface area contributed by atoms with Crippen molar-refractivity contribution in [3.05, 3.63) is 54.1 Å². The number of hydrogen-bond acceptors (Lipinski definition) is 7. The van der Waals surface area contributed by atoms with E-state index in [9.17, 15) is 29.4 Å². The highest BCUT2D eigenvalue weighted by atomic mass is 16.4. The summed E-state index contributed by atoms with van der Waals surface area (Å²) in [5.41, 5.74) is 7.29. The van der Waals surface area contributed by atoms with E-state index < -0.39 is 54.0 Å². The highest BCUT2D eigenvalue weighted by molar-refractivity contribution is 5.94. The van der Waals surface area contributed by atoms with Crippen molar-refractivity contribution in [2.75, 3.05) is 0 Å². The van der Waals surface area contributed by atoms with E-state index in [0.717, 1.165) is 0 Å². The Hall–Kier alpha value is -3.77. The van der Waals surface area contributed by atoms with Gasteiger partial charge in [-0.1, -0.05) is 44.2 Å². The maximum absolute atomic E-state index is 13.0. The summed E-state index contributed by atoms with van der Waals surface area (Å²) < 4.78 is 0. The van der Waals surface area contributed by atoms with Crippen LogP contribution in [0.4, 0.5) is 0 Å². The molecule has 0 saturated heterocycles. The summed E-state index contributed by atoms with van der Waals surface area (Å²) >= 11 is 0. The van der Waals surface area contributed by atoms with Crippen molar-refractivity contribution in [1.82, 2.24) is 25.9 Å². The highest BCUT2D eigenvalue weighted by Crippen LogP contribution is 2.07. The van der Waals surface area contributed by atoms with Gasteiger partial charge in [0.05, 0.1) is 18.5 Å². The van der Waals surface area contributed by atoms with Crippen molar-refractivity contribution in [1.29, 1.82) is 0 Å². The minimum absolute atomic E-state index is 0.0152. The lowest BCUT2D eigenvalue weighted by Gasteiger charge is -2.28. The van der Waals surface area contributed by atoms with Gasteiger partial charge in [0.2, 0.25) is 17.7 Å². The number of aromatic amines is 1. The van der Waals surface area contributed by atoms with Gasteiger partial charge in [-0.15, -0.1) is 0 Å². The van der Waals surface area contributed by atoms with Crippen LogP contribution < -0.4 is 21.7 Å². The van der Waals surface area contributed by atoms with Crippen LogP contribution in [-0.2, 0) is 32.0 Å². The van der Waals surface area contributed by atoms with Crippen molar-refractivity contribution in [3.63, 3.8) is 0 Å².